The second kappa shape index (κ2) is 6.86. The summed E-state index contributed by atoms with van der Waals surface area (Å²) in [6.45, 7) is 6.29. The molecule has 0 bridgehead atoms. The lowest BCUT2D eigenvalue weighted by Gasteiger charge is -2.26. The van der Waals surface area contributed by atoms with Gasteiger partial charge in [0, 0.05) is 19.5 Å². The van der Waals surface area contributed by atoms with Gasteiger partial charge < -0.3 is 4.90 Å². The van der Waals surface area contributed by atoms with E-state index in [1.807, 2.05) is 0 Å². The van der Waals surface area contributed by atoms with Crippen molar-refractivity contribution in [1.29, 1.82) is 0 Å². The number of piperidine rings is 1. The third kappa shape index (κ3) is 5.19. The first-order chi connectivity index (χ1) is 7.27. The summed E-state index contributed by atoms with van der Waals surface area (Å²) >= 11 is 0. The van der Waals surface area contributed by atoms with Crippen LogP contribution in [0.25, 0.3) is 0 Å². The summed E-state index contributed by atoms with van der Waals surface area (Å²) in [4.78, 5) is 13.6. The molecule has 0 radical (unpaired) electrons. The van der Waals surface area contributed by atoms with Crippen LogP contribution in [0.2, 0.25) is 0 Å². The molecule has 88 valence electrons. The minimum Gasteiger partial charge on any atom is -0.343 e. The van der Waals surface area contributed by atoms with Crippen LogP contribution in [0.5, 0.6) is 0 Å². The van der Waals surface area contributed by atoms with Gasteiger partial charge in [-0.3, -0.25) is 4.79 Å². The van der Waals surface area contributed by atoms with Gasteiger partial charge in [-0.1, -0.05) is 20.3 Å². The van der Waals surface area contributed by atoms with Crippen molar-refractivity contribution in [3.8, 4) is 0 Å². The Balaban J connectivity index is 0.000000337. The average Bonchev–Trinajstić information content (AvgIpc) is 3.04. The van der Waals surface area contributed by atoms with E-state index in [1.54, 1.807) is 0 Å². The molecular formula is C13H25NO. The van der Waals surface area contributed by atoms with E-state index in [0.29, 0.717) is 5.91 Å². The fourth-order valence-electron chi connectivity index (χ4n) is 1.84. The Kier molecular flexibility index (Phi) is 5.74. The summed E-state index contributed by atoms with van der Waals surface area (Å²) in [5, 5.41) is 0. The van der Waals surface area contributed by atoms with E-state index in [0.717, 1.165) is 25.4 Å². The van der Waals surface area contributed by atoms with Crippen LogP contribution in [0.15, 0.2) is 0 Å². The number of nitrogens with zero attached hydrogens (tertiary/aromatic N) is 1. The number of rotatable bonds is 2. The zero-order chi connectivity index (χ0) is 11.1. The maximum Gasteiger partial charge on any atom is 0.222 e. The Labute approximate surface area is 94.0 Å². The van der Waals surface area contributed by atoms with Crippen LogP contribution >= 0.6 is 0 Å². The van der Waals surface area contributed by atoms with Crippen LogP contribution < -0.4 is 0 Å². The largest absolute Gasteiger partial charge is 0.343 e. The lowest BCUT2D eigenvalue weighted by atomic mass is 10.1. The minimum absolute atomic E-state index is 0.414. The highest BCUT2D eigenvalue weighted by Crippen LogP contribution is 2.33. The summed E-state index contributed by atoms with van der Waals surface area (Å²) in [5.74, 6) is 1.16. The van der Waals surface area contributed by atoms with Crippen molar-refractivity contribution in [2.45, 2.75) is 58.8 Å². The van der Waals surface area contributed by atoms with E-state index in [1.165, 1.54) is 38.5 Å². The van der Waals surface area contributed by atoms with Crippen molar-refractivity contribution in [2.75, 3.05) is 13.1 Å². The van der Waals surface area contributed by atoms with Crippen LogP contribution in [0.3, 0.4) is 0 Å². The molecule has 1 saturated heterocycles. The normalized spacial score (nSPS) is 20.5. The first-order valence-corrected chi connectivity index (χ1v) is 6.55. The molecule has 1 aliphatic heterocycles. The van der Waals surface area contributed by atoms with Gasteiger partial charge in [0.15, 0.2) is 0 Å². The second-order valence-electron chi connectivity index (χ2n) is 4.80. The maximum atomic E-state index is 11.6. The molecule has 0 aromatic carbocycles. The van der Waals surface area contributed by atoms with E-state index in [9.17, 15) is 4.79 Å². The van der Waals surface area contributed by atoms with Gasteiger partial charge in [0.2, 0.25) is 5.91 Å². The molecule has 2 aliphatic rings. The summed E-state index contributed by atoms with van der Waals surface area (Å²) in [7, 11) is 0. The highest BCUT2D eigenvalue weighted by Gasteiger charge is 2.27. The van der Waals surface area contributed by atoms with Crippen LogP contribution in [0, 0.1) is 5.92 Å². The lowest BCUT2D eigenvalue weighted by Crippen LogP contribution is -2.35. The summed E-state index contributed by atoms with van der Waals surface area (Å²) in [6, 6.07) is 0. The van der Waals surface area contributed by atoms with E-state index >= 15 is 0 Å². The predicted octanol–water partition coefficient (Wildman–Crippen LogP) is 3.22. The molecule has 1 saturated carbocycles. The standard InChI is InChI=1S/C10H17NO.C3H8/c12-10(8-9-4-5-9)11-6-2-1-3-7-11;1-3-2/h9H,1-8H2;3H2,1-2H3. The van der Waals surface area contributed by atoms with Gasteiger partial charge in [0.25, 0.3) is 0 Å². The molecule has 1 heterocycles. The molecule has 2 rings (SSSR count). The first-order valence-electron chi connectivity index (χ1n) is 6.55. The molecule has 1 amide bonds. The third-order valence-electron chi connectivity index (χ3n) is 2.87. The van der Waals surface area contributed by atoms with Crippen molar-refractivity contribution >= 4 is 5.91 Å². The molecule has 0 aromatic rings. The van der Waals surface area contributed by atoms with Gasteiger partial charge in [0.1, 0.15) is 0 Å². The van der Waals surface area contributed by atoms with Crippen molar-refractivity contribution in [3.63, 3.8) is 0 Å². The summed E-state index contributed by atoms with van der Waals surface area (Å²) < 4.78 is 0. The average molecular weight is 211 g/mol. The SMILES string of the molecule is CCC.O=C(CC1CC1)N1CCCCC1. The van der Waals surface area contributed by atoms with Gasteiger partial charge in [-0.25, -0.2) is 0 Å². The third-order valence-corrected chi connectivity index (χ3v) is 2.87. The van der Waals surface area contributed by atoms with E-state index in [4.69, 9.17) is 0 Å². The molecule has 2 fully saturated rings. The van der Waals surface area contributed by atoms with Crippen LogP contribution in [0.4, 0.5) is 0 Å². The van der Waals surface area contributed by atoms with Crippen molar-refractivity contribution in [3.05, 3.63) is 0 Å². The van der Waals surface area contributed by atoms with Crippen LogP contribution in [-0.2, 0) is 4.79 Å². The molecule has 0 atom stereocenters. The Bertz CT molecular complexity index is 181. The monoisotopic (exact) mass is 211 g/mol. The molecule has 15 heavy (non-hydrogen) atoms. The second-order valence-corrected chi connectivity index (χ2v) is 4.80. The molecule has 0 spiro atoms. The highest BCUT2D eigenvalue weighted by molar-refractivity contribution is 5.76. The van der Waals surface area contributed by atoms with E-state index < -0.39 is 0 Å². The van der Waals surface area contributed by atoms with Crippen molar-refractivity contribution in [2.24, 2.45) is 5.92 Å². The van der Waals surface area contributed by atoms with Crippen molar-refractivity contribution in [1.82, 2.24) is 4.90 Å². The van der Waals surface area contributed by atoms with Gasteiger partial charge in [0.05, 0.1) is 0 Å². The molecule has 1 aliphatic carbocycles. The maximum absolute atomic E-state index is 11.6. The van der Waals surface area contributed by atoms with Gasteiger partial charge in [-0.2, -0.15) is 0 Å². The number of hydrogen-bond acceptors (Lipinski definition) is 1. The van der Waals surface area contributed by atoms with Gasteiger partial charge in [-0.05, 0) is 38.0 Å². The predicted molar refractivity (Wildman–Crippen MR) is 63.7 cm³/mol. The number of amides is 1. The zero-order valence-electron chi connectivity index (χ0n) is 10.3. The lowest BCUT2D eigenvalue weighted by molar-refractivity contribution is -0.132. The molecular weight excluding hydrogens is 186 g/mol. The van der Waals surface area contributed by atoms with Crippen molar-refractivity contribution < 1.29 is 4.79 Å². The fourth-order valence-corrected chi connectivity index (χ4v) is 1.84. The number of hydrogen-bond donors (Lipinski definition) is 0. The van der Waals surface area contributed by atoms with Crippen LogP contribution in [0.1, 0.15) is 58.8 Å². The van der Waals surface area contributed by atoms with E-state index in [-0.39, 0.29) is 0 Å². The highest BCUT2D eigenvalue weighted by atomic mass is 16.2. The minimum atomic E-state index is 0.414. The number of carbonyl (C=O) groups excluding carboxylic acids is 1. The Morgan fingerprint density at radius 1 is 1.13 bits per heavy atom. The van der Waals surface area contributed by atoms with Gasteiger partial charge >= 0.3 is 0 Å². The fraction of sp³-hybridized carbons (Fsp3) is 0.923. The first kappa shape index (κ1) is 12.5. The Morgan fingerprint density at radius 3 is 2.13 bits per heavy atom. The topological polar surface area (TPSA) is 20.3 Å². The molecule has 0 aromatic heterocycles. The number of likely N-dealkylation sites (tertiary alicyclic amines) is 1. The quantitative estimate of drug-likeness (QED) is 0.687. The molecule has 2 heteroatoms. The molecule has 2 nitrogen and oxygen atoms in total. The van der Waals surface area contributed by atoms with E-state index in [2.05, 4.69) is 18.7 Å². The zero-order valence-corrected chi connectivity index (χ0v) is 10.3. The molecule has 0 unspecified atom stereocenters. The molecule has 0 N–H and O–H groups in total. The summed E-state index contributed by atoms with van der Waals surface area (Å²) in [5.41, 5.74) is 0. The van der Waals surface area contributed by atoms with Crippen LogP contribution in [-0.4, -0.2) is 23.9 Å². The van der Waals surface area contributed by atoms with Gasteiger partial charge in [-0.15, -0.1) is 0 Å². The smallest absolute Gasteiger partial charge is 0.222 e. The Morgan fingerprint density at radius 2 is 1.67 bits per heavy atom. The Hall–Kier alpha value is -0.530. The summed E-state index contributed by atoms with van der Waals surface area (Å²) in [6.07, 6.45) is 8.42. The number of carbonyl (C=O) groups is 1.